The molecule has 198 valence electrons. The lowest BCUT2D eigenvalue weighted by Crippen LogP contribution is -2.27. The van der Waals surface area contributed by atoms with Gasteiger partial charge in [-0.2, -0.15) is 9.38 Å². The average Bonchev–Trinajstić information content (AvgIpc) is 2.99. The highest BCUT2D eigenvalue weighted by Crippen LogP contribution is 2.36. The van der Waals surface area contributed by atoms with Gasteiger partial charge in [-0.25, -0.2) is 0 Å². The highest BCUT2D eigenvalue weighted by molar-refractivity contribution is 6.06. The smallest absolute Gasteiger partial charge is 0.279 e. The van der Waals surface area contributed by atoms with Crippen LogP contribution in [0.1, 0.15) is 34.6 Å². The Morgan fingerprint density at radius 3 is 2.81 bits per heavy atom. The zero-order valence-corrected chi connectivity index (χ0v) is 21.2. The van der Waals surface area contributed by atoms with Crippen molar-refractivity contribution in [2.75, 3.05) is 40.5 Å². The van der Waals surface area contributed by atoms with Crippen molar-refractivity contribution in [3.8, 4) is 23.0 Å². The summed E-state index contributed by atoms with van der Waals surface area (Å²) in [5.74, 6) is -1.81. The van der Waals surface area contributed by atoms with Gasteiger partial charge in [0.05, 0.1) is 18.7 Å². The summed E-state index contributed by atoms with van der Waals surface area (Å²) in [4.78, 5) is 30.6. The molecule has 1 unspecified atom stereocenters. The van der Waals surface area contributed by atoms with Crippen LogP contribution in [0.4, 0.5) is 4.39 Å². The summed E-state index contributed by atoms with van der Waals surface area (Å²) in [5, 5.41) is 2.93. The van der Waals surface area contributed by atoms with E-state index in [0.717, 1.165) is 0 Å². The molecule has 1 aliphatic heterocycles. The second-order valence-corrected chi connectivity index (χ2v) is 8.24. The Morgan fingerprint density at radius 2 is 2.08 bits per heavy atom. The molecule has 1 aliphatic rings. The van der Waals surface area contributed by atoms with Crippen molar-refractivity contribution in [2.24, 2.45) is 10.7 Å². The summed E-state index contributed by atoms with van der Waals surface area (Å²) in [6.07, 6.45) is 2.70. The van der Waals surface area contributed by atoms with Crippen molar-refractivity contribution in [1.29, 1.82) is 0 Å². The van der Waals surface area contributed by atoms with Gasteiger partial charge in [0.25, 0.3) is 11.8 Å². The fourth-order valence-corrected chi connectivity index (χ4v) is 3.45. The highest BCUT2D eigenvalue weighted by Gasteiger charge is 2.26. The zero-order valence-electron chi connectivity index (χ0n) is 21.2. The van der Waals surface area contributed by atoms with Crippen LogP contribution < -0.4 is 25.3 Å². The van der Waals surface area contributed by atoms with Gasteiger partial charge in [-0.3, -0.25) is 9.59 Å². The number of carbonyl (C=O) groups excluding carboxylic acids is 2. The molecule has 0 saturated carbocycles. The molecular weight excluding hydrogens is 483 g/mol. The van der Waals surface area contributed by atoms with Gasteiger partial charge in [0.2, 0.25) is 5.82 Å². The van der Waals surface area contributed by atoms with Gasteiger partial charge in [-0.1, -0.05) is 0 Å². The minimum atomic E-state index is -0.830. The van der Waals surface area contributed by atoms with E-state index in [0.29, 0.717) is 19.7 Å². The maximum atomic E-state index is 15.3. The number of fused-ring (bicyclic) bond motifs is 1. The van der Waals surface area contributed by atoms with Gasteiger partial charge in [0.15, 0.2) is 11.5 Å². The molecule has 0 spiro atoms. The fraction of sp³-hybridized carbons (Fsp3) is 0.346. The quantitative estimate of drug-likeness (QED) is 0.366. The van der Waals surface area contributed by atoms with Crippen LogP contribution in [0.25, 0.3) is 0 Å². The van der Waals surface area contributed by atoms with Crippen LogP contribution in [0.15, 0.2) is 47.6 Å². The van der Waals surface area contributed by atoms with E-state index < -0.39 is 11.7 Å². The first-order chi connectivity index (χ1) is 17.7. The first kappa shape index (κ1) is 27.5. The lowest BCUT2D eigenvalue weighted by molar-refractivity contribution is 0.0796. The molecule has 0 fully saturated rings. The number of amidine groups is 1. The molecule has 0 aromatic heterocycles. The molecule has 2 aromatic carbocycles. The number of carbonyl (C=O) groups is 2. The van der Waals surface area contributed by atoms with Crippen LogP contribution in [0.5, 0.6) is 23.0 Å². The average molecular weight is 515 g/mol. The molecule has 1 heterocycles. The molecule has 2 aromatic rings. The highest BCUT2D eigenvalue weighted by atomic mass is 19.1. The van der Waals surface area contributed by atoms with Crippen molar-refractivity contribution in [1.82, 2.24) is 10.2 Å². The van der Waals surface area contributed by atoms with E-state index in [1.807, 2.05) is 6.92 Å². The normalized spacial score (nSPS) is 14.6. The third-order valence-electron chi connectivity index (χ3n) is 5.21. The number of benzene rings is 2. The van der Waals surface area contributed by atoms with Crippen LogP contribution >= 0.6 is 0 Å². The van der Waals surface area contributed by atoms with Crippen molar-refractivity contribution >= 4 is 17.6 Å². The number of hydrogen-bond acceptors (Lipinski definition) is 7. The van der Waals surface area contributed by atoms with Gasteiger partial charge >= 0.3 is 0 Å². The molecule has 10 nitrogen and oxygen atoms in total. The van der Waals surface area contributed by atoms with Crippen LogP contribution in [-0.4, -0.2) is 69.1 Å². The summed E-state index contributed by atoms with van der Waals surface area (Å²) in [6, 6.07) is 7.15. The van der Waals surface area contributed by atoms with Crippen LogP contribution in [0.3, 0.4) is 0 Å². The van der Waals surface area contributed by atoms with Crippen LogP contribution in [0.2, 0.25) is 0 Å². The second-order valence-electron chi connectivity index (χ2n) is 8.24. The van der Waals surface area contributed by atoms with E-state index in [2.05, 4.69) is 10.3 Å². The van der Waals surface area contributed by atoms with E-state index in [9.17, 15) is 9.59 Å². The summed E-state index contributed by atoms with van der Waals surface area (Å²) in [6.45, 7) is 5.14. The van der Waals surface area contributed by atoms with Crippen LogP contribution in [0, 0.1) is 5.82 Å². The standard InChI is InChI=1S/C26H31FN4O6/c1-5-29-9-8-22(28)30-25(32)17-12-18(36-16(2)15-34-4)14-19(13-17)37-21-7-6-20-24(23(21)27)35-11-10-31(3)26(20)33/h6-9,12-14,16,29H,5,10-11,15H2,1-4H3,(H2,28,30,32)/b9-8-. The Balaban J connectivity index is 1.96. The van der Waals surface area contributed by atoms with E-state index in [1.165, 1.54) is 41.3 Å². The summed E-state index contributed by atoms with van der Waals surface area (Å²) < 4.78 is 37.6. The molecule has 0 saturated heterocycles. The number of amides is 2. The lowest BCUT2D eigenvalue weighted by Gasteiger charge is -2.16. The SMILES string of the molecule is CCN/C=C\C(N)=NC(=O)c1cc(Oc2ccc3c(c2F)OCCN(C)C3=O)cc(OC(C)COC)c1. The third kappa shape index (κ3) is 7.20. The van der Waals surface area contributed by atoms with Gasteiger partial charge in [0, 0.05) is 38.5 Å². The van der Waals surface area contributed by atoms with Crippen LogP contribution in [-0.2, 0) is 4.74 Å². The molecule has 0 aliphatic carbocycles. The Labute approximate surface area is 214 Å². The first-order valence-electron chi connectivity index (χ1n) is 11.7. The predicted molar refractivity (Wildman–Crippen MR) is 136 cm³/mol. The topological polar surface area (TPSA) is 125 Å². The minimum absolute atomic E-state index is 0.00364. The van der Waals surface area contributed by atoms with Gasteiger partial charge < -0.3 is 34.9 Å². The maximum absolute atomic E-state index is 15.3. The molecule has 0 radical (unpaired) electrons. The number of rotatable bonds is 10. The molecule has 37 heavy (non-hydrogen) atoms. The Morgan fingerprint density at radius 1 is 1.32 bits per heavy atom. The van der Waals surface area contributed by atoms with Gasteiger partial charge in [0.1, 0.15) is 30.0 Å². The third-order valence-corrected chi connectivity index (χ3v) is 5.21. The van der Waals surface area contributed by atoms with E-state index in [1.54, 1.807) is 27.3 Å². The fourth-order valence-electron chi connectivity index (χ4n) is 3.45. The van der Waals surface area contributed by atoms with Crippen molar-refractivity contribution in [2.45, 2.75) is 20.0 Å². The molecular formula is C26H31FN4O6. The number of likely N-dealkylation sites (N-methyl/N-ethyl adjacent to an activating group) is 1. The van der Waals surface area contributed by atoms with Gasteiger partial charge in [-0.15, -0.1) is 0 Å². The summed E-state index contributed by atoms with van der Waals surface area (Å²) in [7, 11) is 3.15. The number of halogens is 1. The minimum Gasteiger partial charge on any atom is -0.488 e. The monoisotopic (exact) mass is 514 g/mol. The number of aliphatic imine (C=N–C) groups is 1. The number of methoxy groups -OCH3 is 1. The molecule has 11 heteroatoms. The Hall–Kier alpha value is -4.12. The molecule has 1 atom stereocenters. The number of nitrogens with zero attached hydrogens (tertiary/aromatic N) is 2. The lowest BCUT2D eigenvalue weighted by atomic mass is 10.1. The predicted octanol–water partition coefficient (Wildman–Crippen LogP) is 3.12. The second kappa shape index (κ2) is 12.7. The summed E-state index contributed by atoms with van der Waals surface area (Å²) >= 11 is 0. The summed E-state index contributed by atoms with van der Waals surface area (Å²) in [5.41, 5.74) is 6.03. The molecule has 3 rings (SSSR count). The maximum Gasteiger partial charge on any atom is 0.279 e. The van der Waals surface area contributed by atoms with E-state index in [-0.39, 0.29) is 58.6 Å². The van der Waals surface area contributed by atoms with Gasteiger partial charge in [-0.05, 0) is 44.2 Å². The largest absolute Gasteiger partial charge is 0.488 e. The Kier molecular flexibility index (Phi) is 9.45. The molecule has 2 amide bonds. The Bertz CT molecular complexity index is 1200. The number of ether oxygens (including phenoxy) is 4. The van der Waals surface area contributed by atoms with Crippen molar-refractivity contribution in [3.63, 3.8) is 0 Å². The van der Waals surface area contributed by atoms with E-state index >= 15 is 4.39 Å². The first-order valence-corrected chi connectivity index (χ1v) is 11.7. The molecule has 3 N–H and O–H groups in total. The number of nitrogens with one attached hydrogen (secondary N) is 1. The number of nitrogens with two attached hydrogens (primary N) is 1. The van der Waals surface area contributed by atoms with E-state index in [4.69, 9.17) is 24.7 Å². The van der Waals surface area contributed by atoms with Crippen molar-refractivity contribution in [3.05, 3.63) is 59.6 Å². The van der Waals surface area contributed by atoms with Crippen molar-refractivity contribution < 1.29 is 32.9 Å². The number of hydrogen-bond donors (Lipinski definition) is 2. The zero-order chi connectivity index (χ0) is 26.9. The molecule has 0 bridgehead atoms.